The minimum Gasteiger partial charge on any atom is -0.387 e. The minimum absolute atomic E-state index is 0.000550. The number of hydrogen-bond donors (Lipinski definition) is 3. The first-order chi connectivity index (χ1) is 15.1. The van der Waals surface area contributed by atoms with Crippen molar-refractivity contribution in [2.75, 3.05) is 18.9 Å². The molecular weight excluding hydrogens is 488 g/mol. The molecule has 1 aromatic carbocycles. The van der Waals surface area contributed by atoms with Crippen LogP contribution in [0.4, 0.5) is 5.82 Å². The maximum absolute atomic E-state index is 13.0. The largest absolute Gasteiger partial charge is 0.475 e. The van der Waals surface area contributed by atoms with E-state index in [4.69, 9.17) is 47.2 Å². The van der Waals surface area contributed by atoms with Gasteiger partial charge in [0, 0.05) is 22.7 Å². The zero-order chi connectivity index (χ0) is 23.0. The number of aromatic nitrogens is 2. The average Bonchev–Trinajstić information content (AvgIpc) is 3.00. The molecule has 0 bridgehead atoms. The number of benzene rings is 1. The van der Waals surface area contributed by atoms with Gasteiger partial charge in [0.1, 0.15) is 24.1 Å². The molecule has 0 amide bonds. The number of nitrogens with zero attached hydrogens (tertiary/aromatic N) is 2. The van der Waals surface area contributed by atoms with Gasteiger partial charge in [0.15, 0.2) is 6.23 Å². The molecule has 32 heavy (non-hydrogen) atoms. The van der Waals surface area contributed by atoms with E-state index in [1.165, 1.54) is 12.3 Å². The Hall–Kier alpha value is -1.53. The summed E-state index contributed by atoms with van der Waals surface area (Å²) in [6, 6.07) is 6.18. The fraction of sp³-hybridized carbons (Fsp3) is 0.444. The highest BCUT2D eigenvalue weighted by Crippen LogP contribution is 2.57. The lowest BCUT2D eigenvalue weighted by Gasteiger charge is -2.30. The molecule has 0 saturated carbocycles. The van der Waals surface area contributed by atoms with E-state index in [1.54, 1.807) is 18.2 Å². The minimum atomic E-state index is -4.03. The Balaban J connectivity index is 1.43. The normalized spacial score (nSPS) is 32.8. The van der Waals surface area contributed by atoms with Crippen LogP contribution in [0.1, 0.15) is 24.3 Å². The molecule has 2 saturated heterocycles. The highest BCUT2D eigenvalue weighted by molar-refractivity contribution is 7.48. The van der Waals surface area contributed by atoms with Crippen LogP contribution >= 0.6 is 31.0 Å². The van der Waals surface area contributed by atoms with Crippen molar-refractivity contribution < 1.29 is 33.1 Å². The summed E-state index contributed by atoms with van der Waals surface area (Å²) in [6.45, 7) is -0.357. The van der Waals surface area contributed by atoms with Gasteiger partial charge in [-0.25, -0.2) is 9.36 Å². The summed E-state index contributed by atoms with van der Waals surface area (Å²) in [5.41, 5.74) is 5.30. The topological polar surface area (TPSA) is 155 Å². The van der Waals surface area contributed by atoms with Crippen LogP contribution in [0.25, 0.3) is 0 Å². The number of hydrogen-bond acceptors (Lipinski definition) is 10. The Kier molecular flexibility index (Phi) is 6.92. The first kappa shape index (κ1) is 23.6. The van der Waals surface area contributed by atoms with Gasteiger partial charge in [0.2, 0.25) is 0 Å². The summed E-state index contributed by atoms with van der Waals surface area (Å²) in [5.74, 6) is -0.000550. The van der Waals surface area contributed by atoms with Gasteiger partial charge in [-0.2, -0.15) is 4.98 Å². The van der Waals surface area contributed by atoms with Crippen molar-refractivity contribution >= 4 is 36.8 Å². The van der Waals surface area contributed by atoms with Gasteiger partial charge in [0.25, 0.3) is 0 Å². The summed E-state index contributed by atoms with van der Waals surface area (Å²) >= 11 is 12.1. The van der Waals surface area contributed by atoms with Crippen molar-refractivity contribution in [2.24, 2.45) is 0 Å². The fourth-order valence-corrected chi connectivity index (χ4v) is 5.38. The Bertz CT molecular complexity index is 1080. The van der Waals surface area contributed by atoms with Crippen LogP contribution in [0.5, 0.6) is 0 Å². The van der Waals surface area contributed by atoms with Gasteiger partial charge in [-0.3, -0.25) is 18.1 Å². The Morgan fingerprint density at radius 2 is 1.97 bits per heavy atom. The van der Waals surface area contributed by atoms with Crippen LogP contribution < -0.4 is 11.4 Å². The van der Waals surface area contributed by atoms with Gasteiger partial charge in [0.05, 0.1) is 19.3 Å². The zero-order valence-corrected chi connectivity index (χ0v) is 18.8. The van der Waals surface area contributed by atoms with Crippen molar-refractivity contribution in [3.63, 3.8) is 0 Å². The number of ether oxygens (including phenoxy) is 1. The number of anilines is 1. The molecule has 6 atom stereocenters. The van der Waals surface area contributed by atoms with Crippen molar-refractivity contribution in [1.29, 1.82) is 0 Å². The van der Waals surface area contributed by atoms with Crippen LogP contribution in [0.2, 0.25) is 10.0 Å². The second-order valence-corrected chi connectivity index (χ2v) is 9.74. The standard InChI is InChI=1S/C18H20Cl2N3O8P/c19-10-5-9(6-11(20)7-10)12-2-4-28-32(27,31-12)29-8-13-15(24)16(25)17(30-13)23-3-1-14(21)22-18(23)26/h1,3,5-7,12-13,15-17,24-25H,2,4,8H2,(H2,21,22,26)/t12-,13+,15+,16-,17+,32+/m0/s1. The molecule has 0 unspecified atom stereocenters. The molecule has 4 N–H and O–H groups in total. The van der Waals surface area contributed by atoms with E-state index < -0.39 is 50.8 Å². The van der Waals surface area contributed by atoms with E-state index in [-0.39, 0.29) is 12.4 Å². The second-order valence-electron chi connectivity index (χ2n) is 7.25. The third-order valence-electron chi connectivity index (χ3n) is 5.00. The molecule has 14 heteroatoms. The van der Waals surface area contributed by atoms with Crippen LogP contribution in [0, 0.1) is 0 Å². The number of nitrogen functional groups attached to an aromatic ring is 1. The molecule has 4 rings (SSSR count). The van der Waals surface area contributed by atoms with Crippen molar-refractivity contribution in [2.45, 2.75) is 37.1 Å². The Morgan fingerprint density at radius 3 is 2.66 bits per heavy atom. The van der Waals surface area contributed by atoms with E-state index in [0.717, 1.165) is 4.57 Å². The van der Waals surface area contributed by atoms with Crippen LogP contribution in [0.15, 0.2) is 35.3 Å². The van der Waals surface area contributed by atoms with Crippen LogP contribution in [-0.2, 0) is 22.9 Å². The maximum Gasteiger partial charge on any atom is 0.475 e. The molecule has 0 spiro atoms. The quantitative estimate of drug-likeness (QED) is 0.511. The number of phosphoric acid groups is 1. The molecule has 11 nitrogen and oxygen atoms in total. The lowest BCUT2D eigenvalue weighted by molar-refractivity contribution is -0.0609. The van der Waals surface area contributed by atoms with E-state index in [2.05, 4.69) is 4.98 Å². The maximum atomic E-state index is 13.0. The monoisotopic (exact) mass is 507 g/mol. The van der Waals surface area contributed by atoms with Gasteiger partial charge < -0.3 is 20.7 Å². The Labute approximate surface area is 192 Å². The first-order valence-electron chi connectivity index (χ1n) is 9.55. The highest BCUT2D eigenvalue weighted by Gasteiger charge is 2.46. The van der Waals surface area contributed by atoms with E-state index in [1.807, 2.05) is 0 Å². The predicted molar refractivity (Wildman–Crippen MR) is 113 cm³/mol. The second kappa shape index (κ2) is 9.38. The lowest BCUT2D eigenvalue weighted by Crippen LogP contribution is -2.36. The summed E-state index contributed by atoms with van der Waals surface area (Å²) < 4.78 is 35.6. The molecular formula is C18H20Cl2N3O8P. The molecule has 3 heterocycles. The van der Waals surface area contributed by atoms with Gasteiger partial charge >= 0.3 is 13.5 Å². The number of halogens is 2. The molecule has 2 aliphatic heterocycles. The van der Waals surface area contributed by atoms with Crippen LogP contribution in [0.3, 0.4) is 0 Å². The summed E-state index contributed by atoms with van der Waals surface area (Å²) in [5, 5.41) is 21.4. The molecule has 2 fully saturated rings. The summed E-state index contributed by atoms with van der Waals surface area (Å²) in [7, 11) is -4.03. The van der Waals surface area contributed by atoms with E-state index >= 15 is 0 Å². The fourth-order valence-electron chi connectivity index (χ4n) is 3.45. The van der Waals surface area contributed by atoms with Crippen molar-refractivity contribution in [3.8, 4) is 0 Å². The van der Waals surface area contributed by atoms with E-state index in [0.29, 0.717) is 22.0 Å². The third kappa shape index (κ3) is 5.01. The lowest BCUT2D eigenvalue weighted by atomic mass is 10.1. The molecule has 2 aliphatic rings. The predicted octanol–water partition coefficient (Wildman–Crippen LogP) is 2.05. The van der Waals surface area contributed by atoms with Gasteiger partial charge in [-0.15, -0.1) is 0 Å². The highest BCUT2D eigenvalue weighted by atomic mass is 35.5. The molecule has 174 valence electrons. The number of rotatable bonds is 5. The summed E-state index contributed by atoms with van der Waals surface area (Å²) in [6.07, 6.45) is -4.25. The summed E-state index contributed by atoms with van der Waals surface area (Å²) in [4.78, 5) is 15.6. The molecule has 2 aromatic rings. The molecule has 0 radical (unpaired) electrons. The first-order valence-corrected chi connectivity index (χ1v) is 11.8. The number of aliphatic hydroxyl groups excluding tert-OH is 2. The zero-order valence-electron chi connectivity index (χ0n) is 16.4. The average molecular weight is 508 g/mol. The SMILES string of the molecule is Nc1ccn([C@@H]2O[C@H](CO[P@@]3(=O)OCC[C@@H](c4cc(Cl)cc(Cl)c4)O3)[C@@H](O)[C@@H]2O)c(=O)n1. The number of phosphoric ester groups is 1. The van der Waals surface area contributed by atoms with Gasteiger partial charge in [-0.05, 0) is 29.8 Å². The van der Waals surface area contributed by atoms with Crippen molar-refractivity contribution in [1.82, 2.24) is 9.55 Å². The van der Waals surface area contributed by atoms with Crippen LogP contribution in [-0.4, -0.2) is 51.3 Å². The third-order valence-corrected chi connectivity index (χ3v) is 6.92. The number of aliphatic hydroxyl groups is 2. The van der Waals surface area contributed by atoms with Crippen molar-refractivity contribution in [3.05, 3.63) is 56.6 Å². The van der Waals surface area contributed by atoms with Gasteiger partial charge in [-0.1, -0.05) is 23.2 Å². The smallest absolute Gasteiger partial charge is 0.387 e. The number of nitrogens with two attached hydrogens (primary N) is 1. The Morgan fingerprint density at radius 1 is 1.25 bits per heavy atom. The van der Waals surface area contributed by atoms with E-state index in [9.17, 15) is 19.6 Å². The molecule has 0 aliphatic carbocycles. The molecule has 1 aromatic heterocycles.